The van der Waals surface area contributed by atoms with Crippen LogP contribution in [0.3, 0.4) is 0 Å². The Labute approximate surface area is 140 Å². The topological polar surface area (TPSA) is 34.1 Å². The molecular weight excluding hydrogens is 385 g/mol. The van der Waals surface area contributed by atoms with Gasteiger partial charge in [0.05, 0.1) is 20.0 Å². The molecule has 20 heavy (non-hydrogen) atoms. The molecule has 2 aromatic carbocycles. The van der Waals surface area contributed by atoms with Crippen LogP contribution in [0.2, 0.25) is 20.1 Å². The molecular formula is C12H5Cl5O2S. The fraction of sp³-hybridized carbons (Fsp3) is 0. The first-order chi connectivity index (χ1) is 9.20. The van der Waals surface area contributed by atoms with E-state index >= 15 is 0 Å². The second kappa shape index (κ2) is 5.91. The lowest BCUT2D eigenvalue weighted by molar-refractivity contribution is 0.609. The number of benzene rings is 2. The monoisotopic (exact) mass is 388 g/mol. The summed E-state index contributed by atoms with van der Waals surface area (Å²) in [7, 11) is 1.45. The highest BCUT2D eigenvalue weighted by molar-refractivity contribution is 8.13. The first kappa shape index (κ1) is 16.2. The third kappa shape index (κ3) is 3.35. The van der Waals surface area contributed by atoms with Crippen molar-refractivity contribution < 1.29 is 8.42 Å². The standard InChI is InChI=1S/C12H5Cl5O2S/c13-9-2-1-6(20(17,18)19)3-7(9)8-4-11(15)12(16)5-10(8)14/h1-5H. The molecule has 2 nitrogen and oxygen atoms in total. The van der Waals surface area contributed by atoms with E-state index in [4.69, 9.17) is 57.1 Å². The van der Waals surface area contributed by atoms with Gasteiger partial charge in [-0.15, -0.1) is 0 Å². The van der Waals surface area contributed by atoms with Crippen molar-refractivity contribution in [1.82, 2.24) is 0 Å². The van der Waals surface area contributed by atoms with Crippen LogP contribution in [0, 0.1) is 0 Å². The van der Waals surface area contributed by atoms with Crippen molar-refractivity contribution in [3.8, 4) is 11.1 Å². The van der Waals surface area contributed by atoms with Crippen LogP contribution in [-0.2, 0) is 9.05 Å². The normalized spacial score (nSPS) is 11.7. The van der Waals surface area contributed by atoms with Gasteiger partial charge in [0.1, 0.15) is 0 Å². The van der Waals surface area contributed by atoms with Gasteiger partial charge in [-0.05, 0) is 30.3 Å². The molecule has 8 heteroatoms. The minimum Gasteiger partial charge on any atom is -0.207 e. The molecule has 0 aromatic heterocycles. The molecule has 0 aliphatic carbocycles. The van der Waals surface area contributed by atoms with Crippen LogP contribution in [0.1, 0.15) is 0 Å². The van der Waals surface area contributed by atoms with E-state index in [-0.39, 0.29) is 14.9 Å². The van der Waals surface area contributed by atoms with Crippen LogP contribution in [0.5, 0.6) is 0 Å². The summed E-state index contributed by atoms with van der Waals surface area (Å²) in [5, 5.41) is 1.18. The van der Waals surface area contributed by atoms with Gasteiger partial charge in [0, 0.05) is 26.8 Å². The van der Waals surface area contributed by atoms with Crippen molar-refractivity contribution in [3.05, 3.63) is 50.4 Å². The van der Waals surface area contributed by atoms with Crippen molar-refractivity contribution in [3.63, 3.8) is 0 Å². The van der Waals surface area contributed by atoms with Crippen molar-refractivity contribution in [2.45, 2.75) is 4.90 Å². The second-order valence-electron chi connectivity index (χ2n) is 3.83. The summed E-state index contributed by atoms with van der Waals surface area (Å²) in [6.07, 6.45) is 0. The van der Waals surface area contributed by atoms with Crippen LogP contribution in [-0.4, -0.2) is 8.42 Å². The van der Waals surface area contributed by atoms with Gasteiger partial charge in [-0.25, -0.2) is 8.42 Å². The summed E-state index contributed by atoms with van der Waals surface area (Å²) in [5.74, 6) is 0. The van der Waals surface area contributed by atoms with Gasteiger partial charge in [-0.2, -0.15) is 0 Å². The lowest BCUT2D eigenvalue weighted by Crippen LogP contribution is -1.92. The molecule has 0 saturated heterocycles. The van der Waals surface area contributed by atoms with Gasteiger partial charge in [0.2, 0.25) is 0 Å². The summed E-state index contributed by atoms with van der Waals surface area (Å²) in [4.78, 5) is -0.0827. The van der Waals surface area contributed by atoms with Gasteiger partial charge in [0.25, 0.3) is 9.05 Å². The Morgan fingerprint density at radius 2 is 1.25 bits per heavy atom. The molecule has 0 bridgehead atoms. The first-order valence-corrected chi connectivity index (χ1v) is 8.91. The number of hydrogen-bond donors (Lipinski definition) is 0. The Kier molecular flexibility index (Phi) is 4.80. The average Bonchev–Trinajstić information content (AvgIpc) is 2.33. The SMILES string of the molecule is O=S(=O)(Cl)c1ccc(Cl)c(-c2cc(Cl)c(Cl)cc2Cl)c1. The van der Waals surface area contributed by atoms with Gasteiger partial charge >= 0.3 is 0 Å². The molecule has 2 rings (SSSR count). The van der Waals surface area contributed by atoms with E-state index < -0.39 is 9.05 Å². The smallest absolute Gasteiger partial charge is 0.207 e. The zero-order valence-corrected chi connectivity index (χ0v) is 14.1. The van der Waals surface area contributed by atoms with Crippen molar-refractivity contribution in [1.29, 1.82) is 0 Å². The van der Waals surface area contributed by atoms with Crippen molar-refractivity contribution >= 4 is 66.1 Å². The molecule has 0 heterocycles. The van der Waals surface area contributed by atoms with Crippen molar-refractivity contribution in [2.75, 3.05) is 0 Å². The van der Waals surface area contributed by atoms with Gasteiger partial charge < -0.3 is 0 Å². The van der Waals surface area contributed by atoms with E-state index in [1.165, 1.54) is 30.3 Å². The van der Waals surface area contributed by atoms with E-state index in [2.05, 4.69) is 0 Å². The van der Waals surface area contributed by atoms with Gasteiger partial charge in [0.15, 0.2) is 0 Å². The minimum absolute atomic E-state index is 0.0827. The fourth-order valence-electron chi connectivity index (χ4n) is 1.59. The van der Waals surface area contributed by atoms with Crippen LogP contribution < -0.4 is 0 Å². The molecule has 0 aliphatic heterocycles. The van der Waals surface area contributed by atoms with E-state index in [0.717, 1.165) is 0 Å². The molecule has 0 radical (unpaired) electrons. The largest absolute Gasteiger partial charge is 0.261 e. The lowest BCUT2D eigenvalue weighted by Gasteiger charge is -2.10. The Hall–Kier alpha value is -0.160. The molecule has 0 fully saturated rings. The quantitative estimate of drug-likeness (QED) is 0.473. The zero-order chi connectivity index (χ0) is 15.1. The van der Waals surface area contributed by atoms with Crippen LogP contribution >= 0.6 is 57.1 Å². The van der Waals surface area contributed by atoms with Gasteiger partial charge in [-0.3, -0.25) is 0 Å². The Morgan fingerprint density at radius 3 is 1.85 bits per heavy atom. The van der Waals surface area contributed by atoms with Gasteiger partial charge in [-0.1, -0.05) is 46.4 Å². The molecule has 2 aromatic rings. The molecule has 0 atom stereocenters. The zero-order valence-electron chi connectivity index (χ0n) is 9.50. The lowest BCUT2D eigenvalue weighted by atomic mass is 10.1. The maximum Gasteiger partial charge on any atom is 0.261 e. The molecule has 106 valence electrons. The summed E-state index contributed by atoms with van der Waals surface area (Å²) in [6.45, 7) is 0. The molecule has 0 aliphatic rings. The van der Waals surface area contributed by atoms with Crippen LogP contribution in [0.15, 0.2) is 35.2 Å². The van der Waals surface area contributed by atoms with E-state index in [1.54, 1.807) is 0 Å². The van der Waals surface area contributed by atoms with Crippen LogP contribution in [0.4, 0.5) is 0 Å². The predicted molar refractivity (Wildman–Crippen MR) is 85.0 cm³/mol. The Balaban J connectivity index is 2.73. The average molecular weight is 391 g/mol. The molecule has 0 unspecified atom stereocenters. The summed E-state index contributed by atoms with van der Waals surface area (Å²) < 4.78 is 22.8. The maximum atomic E-state index is 11.4. The Morgan fingerprint density at radius 1 is 0.700 bits per heavy atom. The molecule has 0 amide bonds. The molecule has 0 saturated carbocycles. The minimum atomic E-state index is -3.87. The summed E-state index contributed by atoms with van der Waals surface area (Å²) in [5.41, 5.74) is 0.866. The van der Waals surface area contributed by atoms with E-state index in [1.807, 2.05) is 0 Å². The highest BCUT2D eigenvalue weighted by Crippen LogP contribution is 2.39. The Bertz CT molecular complexity index is 787. The second-order valence-corrected chi connectivity index (χ2v) is 8.02. The highest BCUT2D eigenvalue weighted by Gasteiger charge is 2.16. The summed E-state index contributed by atoms with van der Waals surface area (Å²) in [6, 6.07) is 7.03. The van der Waals surface area contributed by atoms with E-state index in [9.17, 15) is 8.42 Å². The summed E-state index contributed by atoms with van der Waals surface area (Å²) >= 11 is 24.0. The number of halogens is 5. The first-order valence-electron chi connectivity index (χ1n) is 5.09. The van der Waals surface area contributed by atoms with E-state index in [0.29, 0.717) is 21.2 Å². The third-order valence-corrected chi connectivity index (χ3v) is 5.24. The van der Waals surface area contributed by atoms with Crippen LogP contribution in [0.25, 0.3) is 11.1 Å². The number of hydrogen-bond acceptors (Lipinski definition) is 2. The van der Waals surface area contributed by atoms with Crippen molar-refractivity contribution in [2.24, 2.45) is 0 Å². The third-order valence-electron chi connectivity index (χ3n) is 2.52. The molecule has 0 N–H and O–H groups in total. The number of rotatable bonds is 2. The highest BCUT2D eigenvalue weighted by atomic mass is 35.7. The molecule has 0 spiro atoms. The fourth-order valence-corrected chi connectivity index (χ4v) is 3.24. The maximum absolute atomic E-state index is 11.4. The predicted octanol–water partition coefficient (Wildman–Crippen LogP) is 5.89.